The van der Waals surface area contributed by atoms with Crippen molar-refractivity contribution in [3.8, 4) is 0 Å². The van der Waals surface area contributed by atoms with Gasteiger partial charge < -0.3 is 5.32 Å². The largest absolute Gasteiger partial charge is 0.349 e. The number of carbonyl (C=O) groups is 1. The van der Waals surface area contributed by atoms with Gasteiger partial charge in [-0.15, -0.1) is 16.4 Å². The maximum Gasteiger partial charge on any atom is 0.291 e. The van der Waals surface area contributed by atoms with Crippen LogP contribution in [-0.2, 0) is 6.42 Å². The maximum absolute atomic E-state index is 11.9. The number of amides is 1. The fourth-order valence-electron chi connectivity index (χ4n) is 1.76. The highest BCUT2D eigenvalue weighted by molar-refractivity contribution is 7.09. The van der Waals surface area contributed by atoms with Crippen LogP contribution in [0.2, 0.25) is 0 Å². The number of nitrogens with zero attached hydrogens (tertiary/aromatic N) is 5. The zero-order valence-electron chi connectivity index (χ0n) is 10.8. The lowest BCUT2D eigenvalue weighted by Gasteiger charge is -2.01. The van der Waals surface area contributed by atoms with E-state index in [4.69, 9.17) is 0 Å². The predicted octanol–water partition coefficient (Wildman–Crippen LogP) is 0.862. The minimum atomic E-state index is -0.294. The summed E-state index contributed by atoms with van der Waals surface area (Å²) >= 11 is 1.59. The van der Waals surface area contributed by atoms with Gasteiger partial charge in [0.1, 0.15) is 0 Å². The van der Waals surface area contributed by atoms with Gasteiger partial charge in [0.15, 0.2) is 0 Å². The van der Waals surface area contributed by atoms with Crippen LogP contribution < -0.4 is 5.32 Å². The molecule has 3 aromatic heterocycles. The van der Waals surface area contributed by atoms with Crippen molar-refractivity contribution in [1.82, 2.24) is 29.9 Å². The molecular weight excluding hydrogens is 276 g/mol. The number of fused-ring (bicyclic) bond motifs is 1. The van der Waals surface area contributed by atoms with Crippen molar-refractivity contribution in [2.45, 2.75) is 13.3 Å². The van der Waals surface area contributed by atoms with E-state index in [1.807, 2.05) is 12.4 Å². The molecule has 0 aliphatic rings. The molecule has 7 nitrogen and oxygen atoms in total. The molecule has 102 valence electrons. The first-order valence-corrected chi connectivity index (χ1v) is 6.96. The summed E-state index contributed by atoms with van der Waals surface area (Å²) in [5.41, 5.74) is 2.82. The number of thiazole rings is 1. The highest BCUT2D eigenvalue weighted by Crippen LogP contribution is 2.11. The van der Waals surface area contributed by atoms with Crippen LogP contribution in [0.3, 0.4) is 0 Å². The van der Waals surface area contributed by atoms with Crippen molar-refractivity contribution in [2.75, 3.05) is 6.54 Å². The summed E-state index contributed by atoms with van der Waals surface area (Å²) < 4.78 is 1.47. The Morgan fingerprint density at radius 3 is 3.10 bits per heavy atom. The number of hydrogen-bond acceptors (Lipinski definition) is 6. The van der Waals surface area contributed by atoms with Crippen LogP contribution >= 0.6 is 11.3 Å². The van der Waals surface area contributed by atoms with Gasteiger partial charge >= 0.3 is 0 Å². The van der Waals surface area contributed by atoms with Gasteiger partial charge in [-0.3, -0.25) is 4.79 Å². The first-order chi connectivity index (χ1) is 9.74. The van der Waals surface area contributed by atoms with Crippen molar-refractivity contribution >= 4 is 23.0 Å². The fourth-order valence-corrected chi connectivity index (χ4v) is 2.54. The minimum absolute atomic E-state index is 0.129. The fraction of sp³-hybridized carbons (Fsp3) is 0.250. The molecule has 0 spiro atoms. The van der Waals surface area contributed by atoms with E-state index in [0.717, 1.165) is 12.1 Å². The molecule has 3 aromatic rings. The average molecular weight is 288 g/mol. The predicted molar refractivity (Wildman–Crippen MR) is 73.7 cm³/mol. The van der Waals surface area contributed by atoms with E-state index < -0.39 is 0 Å². The van der Waals surface area contributed by atoms with Gasteiger partial charge in [0.25, 0.3) is 11.7 Å². The normalized spacial score (nSPS) is 10.8. The third-order valence-electron chi connectivity index (χ3n) is 2.80. The third kappa shape index (κ3) is 2.50. The van der Waals surface area contributed by atoms with Gasteiger partial charge in [-0.25, -0.2) is 14.5 Å². The van der Waals surface area contributed by atoms with E-state index in [-0.39, 0.29) is 11.7 Å². The van der Waals surface area contributed by atoms with Crippen molar-refractivity contribution in [1.29, 1.82) is 0 Å². The van der Waals surface area contributed by atoms with Crippen LogP contribution in [0.25, 0.3) is 5.78 Å². The lowest BCUT2D eigenvalue weighted by atomic mass is 10.3. The first kappa shape index (κ1) is 12.7. The summed E-state index contributed by atoms with van der Waals surface area (Å²) in [4.78, 5) is 25.4. The van der Waals surface area contributed by atoms with Gasteiger partial charge in [-0.1, -0.05) is 0 Å². The Hall–Kier alpha value is -2.35. The number of rotatable bonds is 4. The number of aromatic nitrogens is 5. The average Bonchev–Trinajstić information content (AvgIpc) is 3.05. The van der Waals surface area contributed by atoms with Crippen LogP contribution in [-0.4, -0.2) is 37.0 Å². The number of aryl methyl sites for hydroxylation is 1. The SMILES string of the molecule is Cc1ncsc1CCNC(=O)c1nc2ncccn2n1. The highest BCUT2D eigenvalue weighted by Gasteiger charge is 2.12. The van der Waals surface area contributed by atoms with E-state index in [9.17, 15) is 4.79 Å². The summed E-state index contributed by atoms with van der Waals surface area (Å²) in [6.45, 7) is 2.49. The lowest BCUT2D eigenvalue weighted by Crippen LogP contribution is -2.26. The van der Waals surface area contributed by atoms with Gasteiger partial charge in [0.2, 0.25) is 5.82 Å². The van der Waals surface area contributed by atoms with E-state index in [2.05, 4.69) is 25.4 Å². The van der Waals surface area contributed by atoms with E-state index in [1.54, 1.807) is 29.8 Å². The lowest BCUT2D eigenvalue weighted by molar-refractivity contribution is 0.0944. The Morgan fingerprint density at radius 2 is 2.35 bits per heavy atom. The zero-order valence-corrected chi connectivity index (χ0v) is 11.6. The third-order valence-corrected chi connectivity index (χ3v) is 3.80. The summed E-state index contributed by atoms with van der Waals surface area (Å²) in [5, 5.41) is 6.87. The molecule has 0 saturated heterocycles. The quantitative estimate of drug-likeness (QED) is 0.769. The molecule has 0 aliphatic heterocycles. The molecule has 0 aromatic carbocycles. The summed E-state index contributed by atoms with van der Waals surface area (Å²) in [6, 6.07) is 1.73. The monoisotopic (exact) mass is 288 g/mol. The minimum Gasteiger partial charge on any atom is -0.349 e. The first-order valence-electron chi connectivity index (χ1n) is 6.08. The van der Waals surface area contributed by atoms with E-state index in [1.165, 1.54) is 9.39 Å². The van der Waals surface area contributed by atoms with E-state index >= 15 is 0 Å². The van der Waals surface area contributed by atoms with Crippen LogP contribution in [0.4, 0.5) is 0 Å². The molecule has 0 atom stereocenters. The van der Waals surface area contributed by atoms with Gasteiger partial charge in [0, 0.05) is 30.2 Å². The van der Waals surface area contributed by atoms with Gasteiger partial charge in [-0.05, 0) is 13.0 Å². The number of nitrogens with one attached hydrogen (secondary N) is 1. The Balaban J connectivity index is 1.63. The molecule has 0 aliphatic carbocycles. The van der Waals surface area contributed by atoms with Crippen LogP contribution in [0.15, 0.2) is 24.0 Å². The van der Waals surface area contributed by atoms with Crippen LogP contribution in [0.5, 0.6) is 0 Å². The molecule has 3 rings (SSSR count). The second-order valence-corrected chi connectivity index (χ2v) is 5.11. The molecule has 8 heteroatoms. The van der Waals surface area contributed by atoms with Crippen molar-refractivity contribution < 1.29 is 4.79 Å². The standard InChI is InChI=1S/C12H12N6OS/c1-8-9(20-7-15-8)3-5-13-11(19)10-16-12-14-4-2-6-18(12)17-10/h2,4,6-7H,3,5H2,1H3,(H,13,19). The molecule has 0 bridgehead atoms. The van der Waals surface area contributed by atoms with Crippen molar-refractivity contribution in [3.05, 3.63) is 40.4 Å². The molecule has 0 fully saturated rings. The molecule has 0 unspecified atom stereocenters. The molecule has 20 heavy (non-hydrogen) atoms. The number of hydrogen-bond donors (Lipinski definition) is 1. The molecule has 0 saturated carbocycles. The van der Waals surface area contributed by atoms with Gasteiger partial charge in [-0.2, -0.15) is 4.98 Å². The summed E-state index contributed by atoms with van der Waals surface area (Å²) in [7, 11) is 0. The van der Waals surface area contributed by atoms with Gasteiger partial charge in [0.05, 0.1) is 11.2 Å². The highest BCUT2D eigenvalue weighted by atomic mass is 32.1. The Bertz CT molecular complexity index is 716. The molecule has 3 heterocycles. The molecular formula is C12H12N6OS. The van der Waals surface area contributed by atoms with Crippen molar-refractivity contribution in [3.63, 3.8) is 0 Å². The van der Waals surface area contributed by atoms with Crippen molar-refractivity contribution in [2.24, 2.45) is 0 Å². The second-order valence-electron chi connectivity index (χ2n) is 4.17. The second kappa shape index (κ2) is 5.33. The topological polar surface area (TPSA) is 85.1 Å². The van der Waals surface area contributed by atoms with E-state index in [0.29, 0.717) is 12.3 Å². The smallest absolute Gasteiger partial charge is 0.291 e. The zero-order chi connectivity index (χ0) is 13.9. The van der Waals surface area contributed by atoms with Crippen LogP contribution in [0.1, 0.15) is 21.2 Å². The summed E-state index contributed by atoms with van der Waals surface area (Å²) in [6.07, 6.45) is 4.07. The Morgan fingerprint density at radius 1 is 1.45 bits per heavy atom. The number of carbonyl (C=O) groups excluding carboxylic acids is 1. The Labute approximate surface area is 118 Å². The molecule has 0 radical (unpaired) electrons. The Kier molecular flexibility index (Phi) is 3.38. The summed E-state index contributed by atoms with van der Waals surface area (Å²) in [5.74, 6) is 0.248. The van der Waals surface area contributed by atoms with Crippen LogP contribution in [0, 0.1) is 6.92 Å². The maximum atomic E-state index is 11.9. The molecule has 1 N–H and O–H groups in total. The molecule has 1 amide bonds.